The van der Waals surface area contributed by atoms with Gasteiger partial charge in [-0.1, -0.05) is 48.8 Å². The van der Waals surface area contributed by atoms with Crippen molar-refractivity contribution in [1.29, 1.82) is 0 Å². The summed E-state index contributed by atoms with van der Waals surface area (Å²) in [6, 6.07) is 9.93. The number of allylic oxidation sites excluding steroid dienone is 1. The molecule has 0 saturated heterocycles. The van der Waals surface area contributed by atoms with E-state index in [1.54, 1.807) is 12.2 Å². The molecule has 104 valence electrons. The highest BCUT2D eigenvalue weighted by molar-refractivity contribution is 5.66. The zero-order chi connectivity index (χ0) is 14.6. The van der Waals surface area contributed by atoms with Crippen LogP contribution in [0.2, 0.25) is 0 Å². The molecule has 0 heterocycles. The number of carbonyl (C=O) groups excluding carboxylic acids is 1. The number of rotatable bonds is 6. The van der Waals surface area contributed by atoms with E-state index in [9.17, 15) is 4.79 Å². The Balaban J connectivity index is 2.19. The standard InChI is InChI=1S/C17H18O3/c1-15(9-5-4-8-12-20-16(2)18)13-19-14-17-10-6-3-7-11-17/h3-4,6-8,10-11H,1,12-14H2,2H3/b8-4+. The predicted octanol–water partition coefficient (Wildman–Crippen LogP) is 2.88. The average Bonchev–Trinajstić information content (AvgIpc) is 2.43. The van der Waals surface area contributed by atoms with Gasteiger partial charge < -0.3 is 9.47 Å². The molecule has 0 saturated carbocycles. The predicted molar refractivity (Wildman–Crippen MR) is 78.8 cm³/mol. The molecular formula is C17H18O3. The van der Waals surface area contributed by atoms with E-state index >= 15 is 0 Å². The number of hydrogen-bond donors (Lipinski definition) is 0. The van der Waals surface area contributed by atoms with Gasteiger partial charge in [0.25, 0.3) is 0 Å². The SMILES string of the molecule is C=C(C#C/C=C/COC(C)=O)COCc1ccccc1. The second-order valence-electron chi connectivity index (χ2n) is 4.06. The lowest BCUT2D eigenvalue weighted by Crippen LogP contribution is -1.97. The van der Waals surface area contributed by atoms with Gasteiger partial charge in [0.2, 0.25) is 0 Å². The van der Waals surface area contributed by atoms with Gasteiger partial charge in [0.1, 0.15) is 6.61 Å². The van der Waals surface area contributed by atoms with Crippen LogP contribution in [-0.2, 0) is 20.9 Å². The summed E-state index contributed by atoms with van der Waals surface area (Å²) in [5, 5.41) is 0. The third-order valence-corrected chi connectivity index (χ3v) is 2.22. The normalized spacial score (nSPS) is 9.85. The minimum atomic E-state index is -0.304. The molecule has 0 atom stereocenters. The second kappa shape index (κ2) is 9.60. The lowest BCUT2D eigenvalue weighted by molar-refractivity contribution is -0.139. The zero-order valence-corrected chi connectivity index (χ0v) is 11.6. The van der Waals surface area contributed by atoms with Crippen LogP contribution in [0.25, 0.3) is 0 Å². The molecule has 1 aromatic carbocycles. The van der Waals surface area contributed by atoms with Crippen LogP contribution in [0.5, 0.6) is 0 Å². The Morgan fingerprint density at radius 1 is 1.35 bits per heavy atom. The smallest absolute Gasteiger partial charge is 0.302 e. The van der Waals surface area contributed by atoms with Gasteiger partial charge in [-0.05, 0) is 17.7 Å². The molecule has 0 fully saturated rings. The van der Waals surface area contributed by atoms with E-state index in [0.717, 1.165) is 5.56 Å². The van der Waals surface area contributed by atoms with Gasteiger partial charge in [-0.2, -0.15) is 0 Å². The van der Waals surface area contributed by atoms with E-state index in [0.29, 0.717) is 18.8 Å². The molecule has 0 unspecified atom stereocenters. The lowest BCUT2D eigenvalue weighted by atomic mass is 10.2. The molecule has 0 aliphatic rings. The number of ether oxygens (including phenoxy) is 2. The molecule has 0 aliphatic heterocycles. The van der Waals surface area contributed by atoms with Crippen molar-refractivity contribution in [3.63, 3.8) is 0 Å². The largest absolute Gasteiger partial charge is 0.462 e. The van der Waals surface area contributed by atoms with E-state index in [1.165, 1.54) is 6.92 Å². The molecule has 0 spiro atoms. The summed E-state index contributed by atoms with van der Waals surface area (Å²) in [6.45, 7) is 6.37. The first-order valence-electron chi connectivity index (χ1n) is 6.28. The van der Waals surface area contributed by atoms with Crippen LogP contribution in [0.15, 0.2) is 54.6 Å². The van der Waals surface area contributed by atoms with Gasteiger partial charge in [0.05, 0.1) is 13.2 Å². The highest BCUT2D eigenvalue weighted by Crippen LogP contribution is 2.01. The molecule has 0 bridgehead atoms. The van der Waals surface area contributed by atoms with Crippen LogP contribution in [0.1, 0.15) is 12.5 Å². The van der Waals surface area contributed by atoms with E-state index in [4.69, 9.17) is 9.47 Å². The van der Waals surface area contributed by atoms with Crippen molar-refractivity contribution < 1.29 is 14.3 Å². The molecule has 1 aromatic rings. The minimum absolute atomic E-state index is 0.237. The number of benzene rings is 1. The van der Waals surface area contributed by atoms with Crippen molar-refractivity contribution in [2.24, 2.45) is 0 Å². The van der Waals surface area contributed by atoms with Gasteiger partial charge in [0, 0.05) is 12.5 Å². The first-order valence-corrected chi connectivity index (χ1v) is 6.28. The summed E-state index contributed by atoms with van der Waals surface area (Å²) >= 11 is 0. The molecule has 20 heavy (non-hydrogen) atoms. The fraction of sp³-hybridized carbons (Fsp3) is 0.235. The van der Waals surface area contributed by atoms with Crippen molar-refractivity contribution in [3.8, 4) is 11.8 Å². The third-order valence-electron chi connectivity index (χ3n) is 2.22. The molecule has 0 N–H and O–H groups in total. The highest BCUT2D eigenvalue weighted by atomic mass is 16.5. The summed E-state index contributed by atoms with van der Waals surface area (Å²) in [7, 11) is 0. The quantitative estimate of drug-likeness (QED) is 0.589. The highest BCUT2D eigenvalue weighted by Gasteiger charge is 1.92. The van der Waals surface area contributed by atoms with Gasteiger partial charge in [-0.15, -0.1) is 0 Å². The molecule has 0 amide bonds. The van der Waals surface area contributed by atoms with Crippen molar-refractivity contribution in [3.05, 3.63) is 60.2 Å². The van der Waals surface area contributed by atoms with Crippen LogP contribution < -0.4 is 0 Å². The maximum Gasteiger partial charge on any atom is 0.302 e. The maximum absolute atomic E-state index is 10.5. The molecule has 0 radical (unpaired) electrons. The summed E-state index contributed by atoms with van der Waals surface area (Å²) in [6.07, 6.45) is 3.30. The Bertz CT molecular complexity index is 518. The number of hydrogen-bond acceptors (Lipinski definition) is 3. The maximum atomic E-state index is 10.5. The fourth-order valence-electron chi connectivity index (χ4n) is 1.32. The van der Waals surface area contributed by atoms with E-state index < -0.39 is 0 Å². The fourth-order valence-corrected chi connectivity index (χ4v) is 1.32. The zero-order valence-electron chi connectivity index (χ0n) is 11.6. The summed E-state index contributed by atoms with van der Waals surface area (Å²) in [4.78, 5) is 10.5. The first-order chi connectivity index (χ1) is 9.68. The Morgan fingerprint density at radius 3 is 2.80 bits per heavy atom. The van der Waals surface area contributed by atoms with Crippen LogP contribution in [-0.4, -0.2) is 19.2 Å². The Kier molecular flexibility index (Phi) is 7.56. The lowest BCUT2D eigenvalue weighted by Gasteiger charge is -2.02. The minimum Gasteiger partial charge on any atom is -0.462 e. The molecule has 0 aliphatic carbocycles. The van der Waals surface area contributed by atoms with Crippen LogP contribution in [0, 0.1) is 11.8 Å². The van der Waals surface area contributed by atoms with Crippen LogP contribution in [0.4, 0.5) is 0 Å². The first kappa shape index (κ1) is 15.7. The van der Waals surface area contributed by atoms with Crippen LogP contribution >= 0.6 is 0 Å². The third kappa shape index (κ3) is 7.91. The monoisotopic (exact) mass is 270 g/mol. The molecular weight excluding hydrogens is 252 g/mol. The van der Waals surface area contributed by atoms with Gasteiger partial charge in [0.15, 0.2) is 0 Å². The molecule has 1 rings (SSSR count). The van der Waals surface area contributed by atoms with Gasteiger partial charge in [-0.3, -0.25) is 4.79 Å². The van der Waals surface area contributed by atoms with Crippen molar-refractivity contribution in [1.82, 2.24) is 0 Å². The summed E-state index contributed by atoms with van der Waals surface area (Å²) in [5.74, 6) is 5.36. The second-order valence-corrected chi connectivity index (χ2v) is 4.06. The van der Waals surface area contributed by atoms with Crippen molar-refractivity contribution >= 4 is 5.97 Å². The van der Waals surface area contributed by atoms with Gasteiger partial charge in [-0.25, -0.2) is 0 Å². The summed E-state index contributed by atoms with van der Waals surface area (Å²) < 4.78 is 10.2. The van der Waals surface area contributed by atoms with Crippen molar-refractivity contribution in [2.75, 3.05) is 13.2 Å². The van der Waals surface area contributed by atoms with Crippen LogP contribution in [0.3, 0.4) is 0 Å². The van der Waals surface area contributed by atoms with Crippen molar-refractivity contribution in [2.45, 2.75) is 13.5 Å². The average molecular weight is 270 g/mol. The molecule has 0 aromatic heterocycles. The Hall–Kier alpha value is -2.31. The van der Waals surface area contributed by atoms with E-state index in [1.807, 2.05) is 30.3 Å². The Morgan fingerprint density at radius 2 is 2.10 bits per heavy atom. The Labute approximate surface area is 119 Å². The topological polar surface area (TPSA) is 35.5 Å². The summed E-state index contributed by atoms with van der Waals surface area (Å²) in [5.41, 5.74) is 1.83. The van der Waals surface area contributed by atoms with E-state index in [2.05, 4.69) is 18.4 Å². The number of carbonyl (C=O) groups is 1. The number of esters is 1. The van der Waals surface area contributed by atoms with E-state index in [-0.39, 0.29) is 12.6 Å². The molecule has 3 heteroatoms. The van der Waals surface area contributed by atoms with Gasteiger partial charge >= 0.3 is 5.97 Å². The molecule has 3 nitrogen and oxygen atoms in total.